The molecule has 3 heteroatoms. The Kier molecular flexibility index (Phi) is 4.44. The van der Waals surface area contributed by atoms with Crippen molar-refractivity contribution in [3.8, 4) is 0 Å². The number of nitrogens with one attached hydrogen (secondary N) is 1. The highest BCUT2D eigenvalue weighted by Crippen LogP contribution is 2.37. The molecule has 3 atom stereocenters. The van der Waals surface area contributed by atoms with E-state index in [0.29, 0.717) is 12.1 Å². The van der Waals surface area contributed by atoms with E-state index in [9.17, 15) is 0 Å². The number of hydrogen-bond acceptors (Lipinski definition) is 2. The lowest BCUT2D eigenvalue weighted by molar-refractivity contribution is 0.171. The second kappa shape index (κ2) is 5.87. The maximum Gasteiger partial charge on any atom is 0.105 e. The second-order valence-corrected chi connectivity index (χ2v) is 5.93. The van der Waals surface area contributed by atoms with E-state index in [4.69, 9.17) is 0 Å². The van der Waals surface area contributed by atoms with Gasteiger partial charge in [-0.2, -0.15) is 0 Å². The normalized spacial score (nSPS) is 28.8. The van der Waals surface area contributed by atoms with Crippen LogP contribution in [-0.2, 0) is 0 Å². The number of likely N-dealkylation sites (N-methyl/N-ethyl adjacent to an activating group) is 1. The van der Waals surface area contributed by atoms with Gasteiger partial charge in [-0.15, -0.1) is 0 Å². The summed E-state index contributed by atoms with van der Waals surface area (Å²) in [5.74, 6) is 2.79. The van der Waals surface area contributed by atoms with E-state index in [-0.39, 0.29) is 0 Å². The maximum absolute atomic E-state index is 4.39. The van der Waals surface area contributed by atoms with Gasteiger partial charge in [0.05, 0.1) is 6.04 Å². The molecule has 1 aliphatic carbocycles. The first-order valence-electron chi connectivity index (χ1n) is 7.36. The third-order valence-corrected chi connectivity index (χ3v) is 4.49. The van der Waals surface area contributed by atoms with Crippen LogP contribution in [0.3, 0.4) is 0 Å². The quantitative estimate of drug-likeness (QED) is 0.888. The van der Waals surface area contributed by atoms with Crippen LogP contribution in [0.1, 0.15) is 51.9 Å². The van der Waals surface area contributed by atoms with Gasteiger partial charge in [-0.1, -0.05) is 20.8 Å². The summed E-state index contributed by atoms with van der Waals surface area (Å²) >= 11 is 0. The third-order valence-electron chi connectivity index (χ3n) is 4.49. The number of rotatable bonds is 4. The Balaban J connectivity index is 2.17. The number of imidazole rings is 1. The van der Waals surface area contributed by atoms with E-state index >= 15 is 0 Å². The van der Waals surface area contributed by atoms with Crippen molar-refractivity contribution >= 4 is 0 Å². The van der Waals surface area contributed by atoms with Gasteiger partial charge in [-0.05, 0) is 44.6 Å². The summed E-state index contributed by atoms with van der Waals surface area (Å²) in [7, 11) is 0. The molecule has 0 aromatic carbocycles. The first-order chi connectivity index (χ1) is 8.63. The summed E-state index contributed by atoms with van der Waals surface area (Å²) in [5.41, 5.74) is 0. The topological polar surface area (TPSA) is 29.9 Å². The van der Waals surface area contributed by atoms with Gasteiger partial charge in [-0.3, -0.25) is 0 Å². The average Bonchev–Trinajstić information content (AvgIpc) is 2.76. The molecule has 1 aromatic heterocycles. The lowest BCUT2D eigenvalue weighted by atomic mass is 9.76. The van der Waals surface area contributed by atoms with E-state index in [1.54, 1.807) is 0 Å². The summed E-state index contributed by atoms with van der Waals surface area (Å²) in [4.78, 5) is 4.39. The van der Waals surface area contributed by atoms with Crippen LogP contribution in [0.5, 0.6) is 0 Å². The largest absolute Gasteiger partial charge is 0.331 e. The molecule has 0 bridgehead atoms. The van der Waals surface area contributed by atoms with E-state index < -0.39 is 0 Å². The van der Waals surface area contributed by atoms with E-state index in [0.717, 1.165) is 24.2 Å². The Labute approximate surface area is 111 Å². The summed E-state index contributed by atoms with van der Waals surface area (Å²) in [6.07, 6.45) is 8.01. The Bertz CT molecular complexity index is 370. The van der Waals surface area contributed by atoms with E-state index in [1.165, 1.54) is 19.3 Å². The van der Waals surface area contributed by atoms with Crippen LogP contribution in [0, 0.1) is 18.8 Å². The summed E-state index contributed by atoms with van der Waals surface area (Å²) in [6, 6.07) is 1.19. The molecule has 102 valence electrons. The molecule has 1 heterocycles. The van der Waals surface area contributed by atoms with Crippen LogP contribution in [0.25, 0.3) is 0 Å². The van der Waals surface area contributed by atoms with Crippen LogP contribution >= 0.6 is 0 Å². The molecule has 1 aromatic rings. The molecule has 0 amide bonds. The molecule has 3 nitrogen and oxygen atoms in total. The number of aryl methyl sites for hydroxylation is 1. The van der Waals surface area contributed by atoms with Gasteiger partial charge in [0.2, 0.25) is 0 Å². The Morgan fingerprint density at radius 1 is 1.44 bits per heavy atom. The minimum Gasteiger partial charge on any atom is -0.331 e. The van der Waals surface area contributed by atoms with E-state index in [1.807, 2.05) is 6.20 Å². The van der Waals surface area contributed by atoms with Crippen LogP contribution in [0.2, 0.25) is 0 Å². The zero-order valence-electron chi connectivity index (χ0n) is 12.2. The zero-order valence-corrected chi connectivity index (χ0v) is 12.2. The first kappa shape index (κ1) is 13.6. The molecule has 1 aliphatic rings. The number of hydrogen-bond donors (Lipinski definition) is 1. The van der Waals surface area contributed by atoms with Crippen LogP contribution in [-0.4, -0.2) is 22.1 Å². The fourth-order valence-corrected chi connectivity index (χ4v) is 3.33. The van der Waals surface area contributed by atoms with Crippen molar-refractivity contribution < 1.29 is 0 Å². The highest BCUT2D eigenvalue weighted by atomic mass is 15.1. The molecule has 1 fully saturated rings. The summed E-state index contributed by atoms with van der Waals surface area (Å²) < 4.78 is 2.38. The van der Waals surface area contributed by atoms with Crippen molar-refractivity contribution in [2.24, 2.45) is 11.8 Å². The van der Waals surface area contributed by atoms with Crippen molar-refractivity contribution in [1.82, 2.24) is 14.9 Å². The third kappa shape index (κ3) is 2.77. The smallest absolute Gasteiger partial charge is 0.105 e. The molecular formula is C15H27N3. The highest BCUT2D eigenvalue weighted by Gasteiger charge is 2.32. The predicted molar refractivity (Wildman–Crippen MR) is 75.6 cm³/mol. The molecule has 0 aliphatic heterocycles. The van der Waals surface area contributed by atoms with Gasteiger partial charge in [-0.25, -0.2) is 4.98 Å². The minimum absolute atomic E-state index is 0.577. The molecule has 0 spiro atoms. The molecule has 0 saturated heterocycles. The number of aromatic nitrogens is 2. The molecule has 0 radical (unpaired) electrons. The molecule has 18 heavy (non-hydrogen) atoms. The molecule has 1 N–H and O–H groups in total. The molecule has 2 rings (SSSR count). The molecule has 3 unspecified atom stereocenters. The highest BCUT2D eigenvalue weighted by molar-refractivity contribution is 4.98. The maximum atomic E-state index is 4.39. The van der Waals surface area contributed by atoms with Crippen molar-refractivity contribution in [1.29, 1.82) is 0 Å². The number of nitrogens with zero attached hydrogens (tertiary/aromatic N) is 2. The summed E-state index contributed by atoms with van der Waals surface area (Å²) in [6.45, 7) is 10.1. The predicted octanol–water partition coefficient (Wildman–Crippen LogP) is 3.17. The van der Waals surface area contributed by atoms with Gasteiger partial charge in [0.15, 0.2) is 0 Å². The van der Waals surface area contributed by atoms with Gasteiger partial charge in [0.1, 0.15) is 5.82 Å². The average molecular weight is 249 g/mol. The fourth-order valence-electron chi connectivity index (χ4n) is 3.33. The van der Waals surface area contributed by atoms with Crippen molar-refractivity contribution in [3.63, 3.8) is 0 Å². The van der Waals surface area contributed by atoms with Crippen molar-refractivity contribution in [2.75, 3.05) is 6.54 Å². The second-order valence-electron chi connectivity index (χ2n) is 5.93. The summed E-state index contributed by atoms with van der Waals surface area (Å²) in [5, 5.41) is 3.66. The lowest BCUT2D eigenvalue weighted by Crippen LogP contribution is -2.42. The SMILES string of the molecule is CCNC1CCC(C(C)C)CC1n1ccnc1C. The Morgan fingerprint density at radius 2 is 2.22 bits per heavy atom. The van der Waals surface area contributed by atoms with E-state index in [2.05, 4.69) is 48.8 Å². The lowest BCUT2D eigenvalue weighted by Gasteiger charge is -2.39. The molecule has 1 saturated carbocycles. The van der Waals surface area contributed by atoms with Gasteiger partial charge < -0.3 is 9.88 Å². The van der Waals surface area contributed by atoms with Crippen molar-refractivity contribution in [3.05, 3.63) is 18.2 Å². The monoisotopic (exact) mass is 249 g/mol. The first-order valence-corrected chi connectivity index (χ1v) is 7.36. The van der Waals surface area contributed by atoms with Crippen LogP contribution in [0.4, 0.5) is 0 Å². The fraction of sp³-hybridized carbons (Fsp3) is 0.800. The van der Waals surface area contributed by atoms with Gasteiger partial charge >= 0.3 is 0 Å². The Morgan fingerprint density at radius 3 is 2.78 bits per heavy atom. The van der Waals surface area contributed by atoms with Crippen LogP contribution in [0.15, 0.2) is 12.4 Å². The van der Waals surface area contributed by atoms with Crippen molar-refractivity contribution in [2.45, 2.75) is 59.0 Å². The van der Waals surface area contributed by atoms with Gasteiger partial charge in [0.25, 0.3) is 0 Å². The minimum atomic E-state index is 0.577. The standard InChI is InChI=1S/C15H27N3/c1-5-16-14-7-6-13(11(2)3)10-15(14)18-9-8-17-12(18)4/h8-9,11,13-16H,5-7,10H2,1-4H3. The Hall–Kier alpha value is -0.830. The molecular weight excluding hydrogens is 222 g/mol. The van der Waals surface area contributed by atoms with Crippen LogP contribution < -0.4 is 5.32 Å². The van der Waals surface area contributed by atoms with Gasteiger partial charge in [0, 0.05) is 18.4 Å². The zero-order chi connectivity index (χ0) is 13.1.